The minimum atomic E-state index is -1.36. The molecule has 0 bridgehead atoms. The molecule has 1 saturated carbocycles. The smallest absolute Gasteiger partial charge is 0.408 e. The number of tetrazole rings is 1. The van der Waals surface area contributed by atoms with Crippen molar-refractivity contribution in [1.82, 2.24) is 30.0 Å². The number of hydrogen-bond donors (Lipinski definition) is 3. The van der Waals surface area contributed by atoms with Gasteiger partial charge < -0.3 is 20.7 Å². The van der Waals surface area contributed by atoms with Crippen molar-refractivity contribution in [2.75, 3.05) is 12.3 Å². The fourth-order valence-electron chi connectivity index (χ4n) is 4.41. The number of aromatic nitrogens is 4. The van der Waals surface area contributed by atoms with Gasteiger partial charge in [0.25, 0.3) is 5.91 Å². The number of ether oxygens (including phenoxy) is 1. The Hall–Kier alpha value is -3.36. The van der Waals surface area contributed by atoms with E-state index < -0.39 is 48.1 Å². The zero-order chi connectivity index (χ0) is 22.0. The Morgan fingerprint density at radius 2 is 2.03 bits per heavy atom. The van der Waals surface area contributed by atoms with Crippen LogP contribution in [-0.2, 0) is 19.1 Å². The lowest BCUT2D eigenvalue weighted by molar-refractivity contribution is -0.160. The van der Waals surface area contributed by atoms with Gasteiger partial charge in [0.1, 0.15) is 30.0 Å². The van der Waals surface area contributed by atoms with E-state index in [4.69, 9.17) is 10.5 Å². The number of likely N-dealkylation sites (tertiary alicyclic amines) is 1. The first-order valence-corrected chi connectivity index (χ1v) is 10.4. The summed E-state index contributed by atoms with van der Waals surface area (Å²) in [5.74, 6) is -2.49. The van der Waals surface area contributed by atoms with E-state index in [-0.39, 0.29) is 34.8 Å². The van der Waals surface area contributed by atoms with E-state index in [0.29, 0.717) is 0 Å². The molecule has 3 aliphatic heterocycles. The second kappa shape index (κ2) is 6.83. The molecular weight excluding hydrogens is 434 g/mol. The Balaban J connectivity index is 1.40. The average molecular weight is 451 g/mol. The summed E-state index contributed by atoms with van der Waals surface area (Å²) >= 11 is 1.04. The van der Waals surface area contributed by atoms with Crippen LogP contribution < -0.4 is 5.73 Å². The van der Waals surface area contributed by atoms with Gasteiger partial charge >= 0.3 is 12.1 Å². The van der Waals surface area contributed by atoms with Gasteiger partial charge in [0.2, 0.25) is 11.1 Å². The second-order valence-electron chi connectivity index (χ2n) is 7.69. The Bertz CT molecular complexity index is 1040. The summed E-state index contributed by atoms with van der Waals surface area (Å²) in [5, 5.41) is 30.6. The number of thioether (sulfide) groups is 1. The molecule has 31 heavy (non-hydrogen) atoms. The molecule has 1 unspecified atom stereocenters. The first-order chi connectivity index (χ1) is 14.8. The zero-order valence-electron chi connectivity index (χ0n) is 15.8. The fourth-order valence-corrected chi connectivity index (χ4v) is 5.25. The molecule has 15 heteroatoms. The van der Waals surface area contributed by atoms with Crippen LogP contribution >= 0.6 is 11.8 Å². The van der Waals surface area contributed by atoms with E-state index in [1.807, 2.05) is 0 Å². The van der Waals surface area contributed by atoms with E-state index in [1.165, 1.54) is 4.68 Å². The predicted molar refractivity (Wildman–Crippen MR) is 98.2 cm³/mol. The Morgan fingerprint density at radius 1 is 1.29 bits per heavy atom. The summed E-state index contributed by atoms with van der Waals surface area (Å²) in [5.41, 5.74) is 5.18. The molecule has 3 fully saturated rings. The Morgan fingerprint density at radius 3 is 2.65 bits per heavy atom. The number of carboxylic acid groups (broad SMARTS) is 2. The number of amides is 3. The molecular formula is C16H17N7O7S. The molecule has 4 atom stereocenters. The number of rotatable bonds is 7. The van der Waals surface area contributed by atoms with Gasteiger partial charge in [0.15, 0.2) is 5.70 Å². The van der Waals surface area contributed by atoms with E-state index in [9.17, 15) is 29.4 Å². The molecule has 4 N–H and O–H groups in total. The summed E-state index contributed by atoms with van der Waals surface area (Å²) in [6.45, 7) is -0.0445. The highest BCUT2D eigenvalue weighted by Gasteiger charge is 2.65. The van der Waals surface area contributed by atoms with E-state index in [1.54, 1.807) is 0 Å². The Labute approximate surface area is 178 Å². The van der Waals surface area contributed by atoms with Gasteiger partial charge in [-0.05, 0) is 29.2 Å². The Kier molecular flexibility index (Phi) is 4.32. The molecule has 0 aromatic carbocycles. The van der Waals surface area contributed by atoms with Crippen LogP contribution in [0.4, 0.5) is 4.79 Å². The standard InChI is InChI=1S/C16H17N7O7S/c17-12(24)8(5-1-2-5)23-15(18-19-20-23)31-4-7-10(14(26)27)22-9-6(30-7)3-21(16(28)29)11(9)13(22)25/h5-6,8-9,11H,1-4H2,(H2,17,24)(H,26,27)(H,28,29)/t6-,8?,9-,11+/m1/s1. The maximum Gasteiger partial charge on any atom is 0.408 e. The predicted octanol–water partition coefficient (Wildman–Crippen LogP) is -1.53. The van der Waals surface area contributed by atoms with Gasteiger partial charge in [-0.15, -0.1) is 5.10 Å². The fraction of sp³-hybridized carbons (Fsp3) is 0.562. The third kappa shape index (κ3) is 2.90. The molecule has 2 saturated heterocycles. The van der Waals surface area contributed by atoms with Crippen molar-refractivity contribution in [2.45, 2.75) is 42.2 Å². The van der Waals surface area contributed by atoms with E-state index in [2.05, 4.69) is 15.5 Å². The van der Waals surface area contributed by atoms with Crippen molar-refractivity contribution in [1.29, 1.82) is 0 Å². The van der Waals surface area contributed by atoms with Crippen LogP contribution in [0.3, 0.4) is 0 Å². The van der Waals surface area contributed by atoms with Gasteiger partial charge in [0, 0.05) is 0 Å². The van der Waals surface area contributed by atoms with Crippen LogP contribution in [-0.4, -0.2) is 94.6 Å². The van der Waals surface area contributed by atoms with Crippen molar-refractivity contribution in [3.05, 3.63) is 11.5 Å². The number of nitrogens with zero attached hydrogens (tertiary/aromatic N) is 6. The van der Waals surface area contributed by atoms with Crippen molar-refractivity contribution in [2.24, 2.45) is 11.7 Å². The SMILES string of the molecule is NC(=O)C(C1CC1)n1nnnc1SCC1=C(C(=O)O)N2C(=O)[C@@H]3[C@H]2[C@@H](CN3C(=O)O)O1. The van der Waals surface area contributed by atoms with Gasteiger partial charge in [-0.25, -0.2) is 14.3 Å². The van der Waals surface area contributed by atoms with Crippen LogP contribution in [0.5, 0.6) is 0 Å². The number of nitrogens with two attached hydrogens (primary N) is 1. The first-order valence-electron chi connectivity index (χ1n) is 9.45. The quantitative estimate of drug-likeness (QED) is 0.321. The van der Waals surface area contributed by atoms with E-state index in [0.717, 1.165) is 34.4 Å². The molecule has 4 aliphatic rings. The van der Waals surface area contributed by atoms with Gasteiger partial charge in [0.05, 0.1) is 12.3 Å². The molecule has 5 rings (SSSR count). The summed E-state index contributed by atoms with van der Waals surface area (Å²) < 4.78 is 7.15. The molecule has 14 nitrogen and oxygen atoms in total. The maximum atomic E-state index is 12.5. The summed E-state index contributed by atoms with van der Waals surface area (Å²) in [6.07, 6.45) is -0.272. The normalized spacial score (nSPS) is 27.5. The third-order valence-electron chi connectivity index (χ3n) is 5.87. The molecule has 4 heterocycles. The second-order valence-corrected chi connectivity index (χ2v) is 8.63. The van der Waals surface area contributed by atoms with Crippen molar-refractivity contribution < 1.29 is 34.1 Å². The van der Waals surface area contributed by atoms with Crippen LogP contribution in [0.15, 0.2) is 16.6 Å². The molecule has 3 amide bonds. The monoisotopic (exact) mass is 451 g/mol. The topological polar surface area (TPSA) is 194 Å². The maximum absolute atomic E-state index is 12.5. The van der Waals surface area contributed by atoms with Crippen LogP contribution in [0.1, 0.15) is 18.9 Å². The van der Waals surface area contributed by atoms with Crippen LogP contribution in [0, 0.1) is 5.92 Å². The third-order valence-corrected chi connectivity index (χ3v) is 6.80. The molecule has 164 valence electrons. The highest BCUT2D eigenvalue weighted by Crippen LogP contribution is 2.44. The molecule has 0 radical (unpaired) electrons. The molecule has 0 spiro atoms. The highest BCUT2D eigenvalue weighted by molar-refractivity contribution is 7.99. The summed E-state index contributed by atoms with van der Waals surface area (Å²) in [7, 11) is 0. The number of carbonyl (C=O) groups excluding carboxylic acids is 2. The van der Waals surface area contributed by atoms with Crippen LogP contribution in [0.25, 0.3) is 0 Å². The molecule has 1 aromatic heterocycles. The largest absolute Gasteiger partial charge is 0.487 e. The number of β-lactam (4-membered cyclic amide) rings is 1. The number of aliphatic carboxylic acids is 1. The van der Waals surface area contributed by atoms with Gasteiger partial charge in [-0.2, -0.15) is 0 Å². The summed E-state index contributed by atoms with van der Waals surface area (Å²) in [4.78, 5) is 49.8. The average Bonchev–Trinajstić information content (AvgIpc) is 3.30. The number of primary amides is 1. The lowest BCUT2D eigenvalue weighted by Gasteiger charge is -2.48. The van der Waals surface area contributed by atoms with Crippen molar-refractivity contribution >= 4 is 35.6 Å². The van der Waals surface area contributed by atoms with E-state index >= 15 is 0 Å². The number of hydrogen-bond acceptors (Lipinski definition) is 9. The van der Waals surface area contributed by atoms with Crippen LogP contribution in [0.2, 0.25) is 0 Å². The summed E-state index contributed by atoms with van der Waals surface area (Å²) in [6, 6.07) is -2.30. The zero-order valence-corrected chi connectivity index (χ0v) is 16.6. The lowest BCUT2D eigenvalue weighted by Crippen LogP contribution is -2.70. The van der Waals surface area contributed by atoms with Crippen molar-refractivity contribution in [3.63, 3.8) is 0 Å². The van der Waals surface area contributed by atoms with Crippen molar-refractivity contribution in [3.8, 4) is 0 Å². The molecule has 1 aromatic rings. The number of carbonyl (C=O) groups is 4. The minimum absolute atomic E-state index is 0.00869. The minimum Gasteiger partial charge on any atom is -0.487 e. The lowest BCUT2D eigenvalue weighted by atomic mass is 9.91. The number of carboxylic acids is 1. The van der Waals surface area contributed by atoms with Gasteiger partial charge in [-0.3, -0.25) is 19.4 Å². The highest BCUT2D eigenvalue weighted by atomic mass is 32.2. The molecule has 1 aliphatic carbocycles. The van der Waals surface area contributed by atoms with Gasteiger partial charge in [-0.1, -0.05) is 11.8 Å². The first kappa shape index (κ1) is 19.6.